The molecule has 1 saturated carbocycles. The van der Waals surface area contributed by atoms with E-state index in [0.29, 0.717) is 5.92 Å². The molecule has 0 bridgehead atoms. The topological polar surface area (TPSA) is 69.2 Å². The number of likely N-dealkylation sites (tertiary alicyclic amines) is 1. The van der Waals surface area contributed by atoms with Crippen molar-refractivity contribution < 1.29 is 4.39 Å². The van der Waals surface area contributed by atoms with Gasteiger partial charge in [0.05, 0.1) is 0 Å². The Morgan fingerprint density at radius 2 is 2.12 bits per heavy atom. The van der Waals surface area contributed by atoms with Gasteiger partial charge in [0.2, 0.25) is 0 Å². The molecule has 0 spiro atoms. The van der Waals surface area contributed by atoms with Crippen LogP contribution in [-0.2, 0) is 0 Å². The Hall–Kier alpha value is -2.44. The fraction of sp³-hybridized carbons (Fsp3) is 0.500. The van der Waals surface area contributed by atoms with E-state index in [1.165, 1.54) is 6.07 Å². The zero-order chi connectivity index (χ0) is 17.2. The summed E-state index contributed by atoms with van der Waals surface area (Å²) in [5, 5.41) is 10.4. The molecule has 7 heteroatoms. The molecule has 1 aromatic heterocycles. The van der Waals surface area contributed by atoms with Crippen molar-refractivity contribution in [3.8, 4) is 0 Å². The van der Waals surface area contributed by atoms with Gasteiger partial charge in [0, 0.05) is 38.0 Å². The molecule has 1 aliphatic heterocycles. The van der Waals surface area contributed by atoms with E-state index in [-0.39, 0.29) is 17.8 Å². The standard InChI is InChI=1S/C18H23FN6/c1-20-18(23-16-10-14(16)13-4-2-3-5-15(13)19)25-8-6-12(7-9-25)17-21-11-22-24-17/h2-5,11-12,14,16H,6-10H2,1H3,(H,20,23)(H,21,22,24). The Balaban J connectivity index is 1.33. The fourth-order valence-corrected chi connectivity index (χ4v) is 3.71. The lowest BCUT2D eigenvalue weighted by Gasteiger charge is -2.33. The Morgan fingerprint density at radius 3 is 2.80 bits per heavy atom. The van der Waals surface area contributed by atoms with Crippen LogP contribution in [0.5, 0.6) is 0 Å². The van der Waals surface area contributed by atoms with E-state index in [4.69, 9.17) is 0 Å². The first kappa shape index (κ1) is 16.1. The van der Waals surface area contributed by atoms with Gasteiger partial charge >= 0.3 is 0 Å². The van der Waals surface area contributed by atoms with E-state index in [0.717, 1.165) is 49.7 Å². The highest BCUT2D eigenvalue weighted by Crippen LogP contribution is 2.42. The fourth-order valence-electron chi connectivity index (χ4n) is 3.71. The summed E-state index contributed by atoms with van der Waals surface area (Å²) in [6, 6.07) is 7.32. The van der Waals surface area contributed by atoms with Crippen molar-refractivity contribution in [2.24, 2.45) is 4.99 Å². The van der Waals surface area contributed by atoms with Crippen LogP contribution in [0.25, 0.3) is 0 Å². The highest BCUT2D eigenvalue weighted by Gasteiger charge is 2.41. The largest absolute Gasteiger partial charge is 0.353 e. The number of halogens is 1. The molecule has 1 aromatic carbocycles. The highest BCUT2D eigenvalue weighted by molar-refractivity contribution is 5.80. The maximum atomic E-state index is 13.9. The number of benzene rings is 1. The molecule has 0 amide bonds. The van der Waals surface area contributed by atoms with E-state index in [1.807, 2.05) is 19.2 Å². The van der Waals surface area contributed by atoms with Crippen molar-refractivity contribution in [1.29, 1.82) is 0 Å². The van der Waals surface area contributed by atoms with Crippen LogP contribution in [0.2, 0.25) is 0 Å². The summed E-state index contributed by atoms with van der Waals surface area (Å²) in [5.41, 5.74) is 0.805. The second-order valence-corrected chi connectivity index (χ2v) is 6.79. The normalized spacial score (nSPS) is 24.4. The van der Waals surface area contributed by atoms with Gasteiger partial charge in [0.15, 0.2) is 5.96 Å². The summed E-state index contributed by atoms with van der Waals surface area (Å²) in [4.78, 5) is 11.0. The number of hydrogen-bond acceptors (Lipinski definition) is 3. The third-order valence-corrected chi connectivity index (χ3v) is 5.24. The van der Waals surface area contributed by atoms with Crippen molar-refractivity contribution >= 4 is 5.96 Å². The second-order valence-electron chi connectivity index (χ2n) is 6.79. The lowest BCUT2D eigenvalue weighted by Crippen LogP contribution is -2.46. The molecule has 25 heavy (non-hydrogen) atoms. The van der Waals surface area contributed by atoms with Gasteiger partial charge in [-0.25, -0.2) is 9.37 Å². The lowest BCUT2D eigenvalue weighted by atomic mass is 9.96. The van der Waals surface area contributed by atoms with Gasteiger partial charge in [0.25, 0.3) is 0 Å². The van der Waals surface area contributed by atoms with Crippen LogP contribution < -0.4 is 5.32 Å². The minimum Gasteiger partial charge on any atom is -0.353 e. The third kappa shape index (κ3) is 3.36. The van der Waals surface area contributed by atoms with Gasteiger partial charge in [-0.2, -0.15) is 5.10 Å². The molecule has 4 rings (SSSR count). The first-order valence-electron chi connectivity index (χ1n) is 8.84. The van der Waals surface area contributed by atoms with E-state index >= 15 is 0 Å². The summed E-state index contributed by atoms with van der Waals surface area (Å²) in [6.45, 7) is 1.87. The zero-order valence-electron chi connectivity index (χ0n) is 14.3. The SMILES string of the molecule is CN=C(NC1CC1c1ccccc1F)N1CCC(c2ncn[nH]2)CC1. The molecular formula is C18H23FN6. The third-order valence-electron chi connectivity index (χ3n) is 5.24. The summed E-state index contributed by atoms with van der Waals surface area (Å²) in [5.74, 6) is 2.46. The number of aromatic nitrogens is 3. The maximum absolute atomic E-state index is 13.9. The van der Waals surface area contributed by atoms with Gasteiger partial charge in [-0.05, 0) is 30.9 Å². The summed E-state index contributed by atoms with van der Waals surface area (Å²) >= 11 is 0. The summed E-state index contributed by atoms with van der Waals surface area (Å²) in [7, 11) is 1.81. The first-order valence-corrected chi connectivity index (χ1v) is 8.84. The smallest absolute Gasteiger partial charge is 0.193 e. The number of guanidine groups is 1. The average Bonchev–Trinajstić information content (AvgIpc) is 3.18. The van der Waals surface area contributed by atoms with Gasteiger partial charge in [0.1, 0.15) is 18.0 Å². The number of piperidine rings is 1. The van der Waals surface area contributed by atoms with E-state index in [1.54, 1.807) is 12.4 Å². The minimum absolute atomic E-state index is 0.111. The predicted molar refractivity (Wildman–Crippen MR) is 94.0 cm³/mol. The summed E-state index contributed by atoms with van der Waals surface area (Å²) in [6.07, 6.45) is 4.57. The van der Waals surface area contributed by atoms with Gasteiger partial charge in [-0.1, -0.05) is 18.2 Å². The number of rotatable bonds is 3. The summed E-state index contributed by atoms with van der Waals surface area (Å²) < 4.78 is 13.9. The molecule has 6 nitrogen and oxygen atoms in total. The monoisotopic (exact) mass is 342 g/mol. The molecular weight excluding hydrogens is 319 g/mol. The number of aliphatic imine (C=N–C) groups is 1. The molecule has 0 radical (unpaired) electrons. The number of nitrogens with zero attached hydrogens (tertiary/aromatic N) is 4. The average molecular weight is 342 g/mol. The molecule has 2 unspecified atom stereocenters. The van der Waals surface area contributed by atoms with Crippen molar-refractivity contribution in [3.05, 3.63) is 47.8 Å². The number of hydrogen-bond donors (Lipinski definition) is 2. The number of H-pyrrole nitrogens is 1. The molecule has 132 valence electrons. The van der Waals surface area contributed by atoms with E-state index in [2.05, 4.69) is 30.4 Å². The van der Waals surface area contributed by atoms with Gasteiger partial charge in [-0.15, -0.1) is 0 Å². The van der Waals surface area contributed by atoms with Crippen LogP contribution in [0, 0.1) is 5.82 Å². The van der Waals surface area contributed by atoms with Crippen LogP contribution in [-0.4, -0.2) is 52.2 Å². The van der Waals surface area contributed by atoms with Crippen LogP contribution in [0.4, 0.5) is 4.39 Å². The number of aromatic amines is 1. The Morgan fingerprint density at radius 1 is 1.32 bits per heavy atom. The molecule has 2 aliphatic rings. The first-order chi connectivity index (χ1) is 12.3. The van der Waals surface area contributed by atoms with Crippen molar-refractivity contribution in [1.82, 2.24) is 25.4 Å². The minimum atomic E-state index is -0.111. The van der Waals surface area contributed by atoms with Crippen LogP contribution in [0.1, 0.15) is 42.5 Å². The molecule has 1 aliphatic carbocycles. The lowest BCUT2D eigenvalue weighted by molar-refractivity contribution is 0.298. The van der Waals surface area contributed by atoms with Crippen molar-refractivity contribution in [2.45, 2.75) is 37.1 Å². The second kappa shape index (κ2) is 6.82. The zero-order valence-corrected chi connectivity index (χ0v) is 14.3. The van der Waals surface area contributed by atoms with Crippen LogP contribution >= 0.6 is 0 Å². The Kier molecular flexibility index (Phi) is 4.38. The molecule has 2 fully saturated rings. The van der Waals surface area contributed by atoms with E-state index < -0.39 is 0 Å². The highest BCUT2D eigenvalue weighted by atomic mass is 19.1. The molecule has 2 heterocycles. The van der Waals surface area contributed by atoms with Crippen molar-refractivity contribution in [2.75, 3.05) is 20.1 Å². The molecule has 2 N–H and O–H groups in total. The van der Waals surface area contributed by atoms with Crippen LogP contribution in [0.15, 0.2) is 35.6 Å². The molecule has 1 saturated heterocycles. The van der Waals surface area contributed by atoms with Crippen molar-refractivity contribution in [3.63, 3.8) is 0 Å². The maximum Gasteiger partial charge on any atom is 0.193 e. The predicted octanol–water partition coefficient (Wildman–Crippen LogP) is 2.25. The molecule has 2 aromatic rings. The quantitative estimate of drug-likeness (QED) is 0.663. The molecule has 2 atom stereocenters. The van der Waals surface area contributed by atoms with Crippen LogP contribution in [0.3, 0.4) is 0 Å². The van der Waals surface area contributed by atoms with Gasteiger partial charge < -0.3 is 10.2 Å². The van der Waals surface area contributed by atoms with E-state index in [9.17, 15) is 4.39 Å². The Bertz CT molecular complexity index is 736. The Labute approximate surface area is 146 Å². The number of nitrogens with one attached hydrogen (secondary N) is 2. The van der Waals surface area contributed by atoms with Gasteiger partial charge in [-0.3, -0.25) is 10.1 Å².